The lowest BCUT2D eigenvalue weighted by atomic mass is 9.96. The molecule has 0 bridgehead atoms. The summed E-state index contributed by atoms with van der Waals surface area (Å²) in [6.07, 6.45) is 3.79. The fourth-order valence-corrected chi connectivity index (χ4v) is 2.71. The number of rotatable bonds is 1. The number of aromatic nitrogens is 2. The second-order valence-corrected chi connectivity index (χ2v) is 5.09. The van der Waals surface area contributed by atoms with E-state index in [1.54, 1.807) is 6.33 Å². The van der Waals surface area contributed by atoms with Gasteiger partial charge in [0.25, 0.3) is 0 Å². The Labute approximate surface area is 113 Å². The third-order valence-electron chi connectivity index (χ3n) is 3.85. The first-order chi connectivity index (χ1) is 9.18. The highest BCUT2D eigenvalue weighted by Crippen LogP contribution is 2.37. The Bertz CT molecular complexity index is 609. The van der Waals surface area contributed by atoms with E-state index in [2.05, 4.69) is 46.1 Å². The van der Waals surface area contributed by atoms with Gasteiger partial charge in [0.2, 0.25) is 0 Å². The summed E-state index contributed by atoms with van der Waals surface area (Å²) in [5.41, 5.74) is 9.48. The minimum Gasteiger partial charge on any atom is -0.383 e. The predicted octanol–water partition coefficient (Wildman–Crippen LogP) is 2.84. The van der Waals surface area contributed by atoms with E-state index in [0.29, 0.717) is 11.9 Å². The number of hydrogen-bond acceptors (Lipinski definition) is 4. The van der Waals surface area contributed by atoms with Gasteiger partial charge >= 0.3 is 0 Å². The van der Waals surface area contributed by atoms with Gasteiger partial charge in [-0.25, -0.2) is 9.97 Å². The Balaban J connectivity index is 2.16. The summed E-state index contributed by atoms with van der Waals surface area (Å²) in [4.78, 5) is 10.8. The van der Waals surface area contributed by atoms with E-state index in [9.17, 15) is 0 Å². The maximum Gasteiger partial charge on any atom is 0.141 e. The van der Waals surface area contributed by atoms with Gasteiger partial charge < -0.3 is 10.6 Å². The minimum absolute atomic E-state index is 0.419. The van der Waals surface area contributed by atoms with Crippen LogP contribution in [0.4, 0.5) is 17.3 Å². The summed E-state index contributed by atoms with van der Waals surface area (Å²) in [5, 5.41) is 0. The lowest BCUT2D eigenvalue weighted by Crippen LogP contribution is -2.34. The van der Waals surface area contributed by atoms with Crippen LogP contribution < -0.4 is 10.6 Å². The molecule has 0 amide bonds. The van der Waals surface area contributed by atoms with E-state index in [4.69, 9.17) is 5.73 Å². The van der Waals surface area contributed by atoms with Crippen molar-refractivity contribution >= 4 is 17.3 Å². The van der Waals surface area contributed by atoms with Crippen LogP contribution in [0.5, 0.6) is 0 Å². The molecule has 2 heterocycles. The molecule has 2 N–H and O–H groups in total. The van der Waals surface area contributed by atoms with E-state index in [1.165, 1.54) is 11.3 Å². The molecular weight excluding hydrogens is 236 g/mol. The molecule has 1 unspecified atom stereocenters. The fourth-order valence-electron chi connectivity index (χ4n) is 2.71. The van der Waals surface area contributed by atoms with Gasteiger partial charge in [0.1, 0.15) is 18.0 Å². The minimum atomic E-state index is 0.419. The lowest BCUT2D eigenvalue weighted by Gasteiger charge is -2.37. The van der Waals surface area contributed by atoms with Crippen LogP contribution in [-0.2, 0) is 6.42 Å². The van der Waals surface area contributed by atoms with Crippen molar-refractivity contribution in [3.8, 4) is 0 Å². The van der Waals surface area contributed by atoms with Gasteiger partial charge in [0, 0.05) is 17.3 Å². The quantitative estimate of drug-likeness (QED) is 0.850. The Kier molecular flexibility index (Phi) is 2.85. The van der Waals surface area contributed by atoms with Gasteiger partial charge in [-0.1, -0.05) is 18.2 Å². The molecule has 2 aromatic rings. The van der Waals surface area contributed by atoms with Crippen molar-refractivity contribution in [2.45, 2.75) is 32.7 Å². The number of nitrogens with two attached hydrogens (primary N) is 1. The molecule has 4 nitrogen and oxygen atoms in total. The first-order valence-corrected chi connectivity index (χ1v) is 6.62. The van der Waals surface area contributed by atoms with Gasteiger partial charge in [-0.3, -0.25) is 0 Å². The van der Waals surface area contributed by atoms with E-state index in [1.807, 2.05) is 6.92 Å². The van der Waals surface area contributed by atoms with Crippen molar-refractivity contribution in [3.05, 3.63) is 41.7 Å². The molecule has 19 heavy (non-hydrogen) atoms. The molecule has 98 valence electrons. The van der Waals surface area contributed by atoms with Crippen molar-refractivity contribution in [3.63, 3.8) is 0 Å². The molecule has 0 saturated carbocycles. The molecule has 1 aromatic carbocycles. The molecule has 1 aromatic heterocycles. The van der Waals surface area contributed by atoms with E-state index < -0.39 is 0 Å². The number of nitrogen functional groups attached to an aromatic ring is 1. The van der Waals surface area contributed by atoms with Crippen molar-refractivity contribution in [1.82, 2.24) is 9.97 Å². The van der Waals surface area contributed by atoms with Gasteiger partial charge in [-0.05, 0) is 38.3 Å². The topological polar surface area (TPSA) is 55.0 Å². The van der Waals surface area contributed by atoms with Crippen molar-refractivity contribution in [2.24, 2.45) is 0 Å². The highest BCUT2D eigenvalue weighted by Gasteiger charge is 2.26. The molecule has 0 fully saturated rings. The van der Waals surface area contributed by atoms with Crippen molar-refractivity contribution in [1.29, 1.82) is 0 Å². The molecule has 1 atom stereocenters. The van der Waals surface area contributed by atoms with Crippen LogP contribution in [0, 0.1) is 6.92 Å². The molecular formula is C15H18N4. The summed E-state index contributed by atoms with van der Waals surface area (Å²) in [7, 11) is 0. The number of nitrogens with zero attached hydrogens (tertiary/aromatic N) is 3. The lowest BCUT2D eigenvalue weighted by molar-refractivity contribution is 0.612. The largest absolute Gasteiger partial charge is 0.383 e. The molecule has 4 heteroatoms. The van der Waals surface area contributed by atoms with E-state index >= 15 is 0 Å². The molecule has 0 radical (unpaired) electrons. The zero-order chi connectivity index (χ0) is 13.4. The summed E-state index contributed by atoms with van der Waals surface area (Å²) in [6, 6.07) is 8.93. The Hall–Kier alpha value is -2.10. The smallest absolute Gasteiger partial charge is 0.141 e. The summed E-state index contributed by atoms with van der Waals surface area (Å²) in [5.74, 6) is 1.48. The Morgan fingerprint density at radius 3 is 2.89 bits per heavy atom. The van der Waals surface area contributed by atoms with E-state index in [-0.39, 0.29) is 0 Å². The summed E-state index contributed by atoms with van der Waals surface area (Å²) < 4.78 is 0. The Morgan fingerprint density at radius 1 is 1.26 bits per heavy atom. The fraction of sp³-hybridized carbons (Fsp3) is 0.333. The van der Waals surface area contributed by atoms with Gasteiger partial charge in [-0.2, -0.15) is 0 Å². The Morgan fingerprint density at radius 2 is 2.05 bits per heavy atom. The van der Waals surface area contributed by atoms with Crippen molar-refractivity contribution < 1.29 is 0 Å². The van der Waals surface area contributed by atoms with Crippen LogP contribution in [-0.4, -0.2) is 16.0 Å². The normalized spacial score (nSPS) is 18.2. The van der Waals surface area contributed by atoms with Crippen LogP contribution in [0.1, 0.15) is 24.5 Å². The second-order valence-electron chi connectivity index (χ2n) is 5.09. The summed E-state index contributed by atoms with van der Waals surface area (Å²) in [6.45, 7) is 4.21. The second kappa shape index (κ2) is 4.53. The maximum absolute atomic E-state index is 5.91. The highest BCUT2D eigenvalue weighted by atomic mass is 15.2. The van der Waals surface area contributed by atoms with Crippen LogP contribution >= 0.6 is 0 Å². The first-order valence-electron chi connectivity index (χ1n) is 6.62. The van der Waals surface area contributed by atoms with E-state index in [0.717, 1.165) is 24.2 Å². The SMILES string of the molecule is Cc1c(N)ncnc1N1c2ccccc2CCC1C. The summed E-state index contributed by atoms with van der Waals surface area (Å²) >= 11 is 0. The number of aryl methyl sites for hydroxylation is 1. The average Bonchev–Trinajstić information content (AvgIpc) is 2.43. The number of para-hydroxylation sites is 1. The average molecular weight is 254 g/mol. The van der Waals surface area contributed by atoms with Gasteiger partial charge in [0.15, 0.2) is 0 Å². The van der Waals surface area contributed by atoms with Gasteiger partial charge in [0.05, 0.1) is 0 Å². The zero-order valence-electron chi connectivity index (χ0n) is 11.3. The molecule has 0 aliphatic carbocycles. The van der Waals surface area contributed by atoms with Crippen molar-refractivity contribution in [2.75, 3.05) is 10.6 Å². The zero-order valence-corrected chi connectivity index (χ0v) is 11.3. The standard InChI is InChI=1S/C15H18N4/c1-10-7-8-12-5-3-4-6-13(12)19(10)15-11(2)14(16)17-9-18-15/h3-6,9-10H,7-8H2,1-2H3,(H2,16,17,18). The number of anilines is 3. The number of fused-ring (bicyclic) bond motifs is 1. The first kappa shape index (κ1) is 12.0. The highest BCUT2D eigenvalue weighted by molar-refractivity contribution is 5.70. The predicted molar refractivity (Wildman–Crippen MR) is 77.5 cm³/mol. The molecule has 1 aliphatic rings. The third kappa shape index (κ3) is 1.93. The number of hydrogen-bond donors (Lipinski definition) is 1. The van der Waals surface area contributed by atoms with Gasteiger partial charge in [-0.15, -0.1) is 0 Å². The van der Waals surface area contributed by atoms with Crippen LogP contribution in [0.15, 0.2) is 30.6 Å². The maximum atomic E-state index is 5.91. The monoisotopic (exact) mass is 254 g/mol. The van der Waals surface area contributed by atoms with Crippen LogP contribution in [0.3, 0.4) is 0 Å². The van der Waals surface area contributed by atoms with Crippen LogP contribution in [0.25, 0.3) is 0 Å². The molecule has 1 aliphatic heterocycles. The molecule has 0 spiro atoms. The van der Waals surface area contributed by atoms with Crippen LogP contribution in [0.2, 0.25) is 0 Å². The number of benzene rings is 1. The molecule has 0 saturated heterocycles. The third-order valence-corrected chi connectivity index (χ3v) is 3.85. The molecule has 3 rings (SSSR count).